The van der Waals surface area contributed by atoms with Gasteiger partial charge in [0.25, 0.3) is 5.91 Å². The van der Waals surface area contributed by atoms with Gasteiger partial charge in [0.1, 0.15) is 5.69 Å². The van der Waals surface area contributed by atoms with E-state index in [1.165, 1.54) is 0 Å². The van der Waals surface area contributed by atoms with E-state index in [1.807, 2.05) is 4.57 Å². The molecule has 0 radical (unpaired) electrons. The van der Waals surface area contributed by atoms with Gasteiger partial charge in [-0.15, -0.1) is 0 Å². The van der Waals surface area contributed by atoms with Crippen molar-refractivity contribution in [2.24, 2.45) is 0 Å². The number of morpholine rings is 1. The summed E-state index contributed by atoms with van der Waals surface area (Å²) in [6.07, 6.45) is 2.71. The van der Waals surface area contributed by atoms with Crippen molar-refractivity contribution in [3.63, 3.8) is 0 Å². The quantitative estimate of drug-likeness (QED) is 0.876. The summed E-state index contributed by atoms with van der Waals surface area (Å²) in [6.45, 7) is 2.97. The van der Waals surface area contributed by atoms with Crippen LogP contribution in [0.25, 0.3) is 0 Å². The SMILES string of the molecule is O=C(O)c1cc(C(=O)N2CCOCC2)n2c1CCCC2. The number of nitrogens with zero attached hydrogens (tertiary/aromatic N) is 2. The number of hydrogen-bond donors (Lipinski definition) is 1. The molecular weight excluding hydrogens is 260 g/mol. The number of ether oxygens (including phenoxy) is 1. The predicted molar refractivity (Wildman–Crippen MR) is 71.1 cm³/mol. The highest BCUT2D eigenvalue weighted by Gasteiger charge is 2.28. The molecule has 1 N–H and O–H groups in total. The van der Waals surface area contributed by atoms with Gasteiger partial charge in [-0.3, -0.25) is 4.79 Å². The summed E-state index contributed by atoms with van der Waals surface area (Å²) in [6, 6.07) is 1.54. The summed E-state index contributed by atoms with van der Waals surface area (Å²) in [5.41, 5.74) is 1.58. The fourth-order valence-corrected chi connectivity index (χ4v) is 2.97. The lowest BCUT2D eigenvalue weighted by Gasteiger charge is -2.28. The number of carbonyl (C=O) groups is 2. The molecule has 6 nitrogen and oxygen atoms in total. The average Bonchev–Trinajstić information content (AvgIpc) is 2.87. The first kappa shape index (κ1) is 13.2. The zero-order valence-corrected chi connectivity index (χ0v) is 11.3. The second-order valence-electron chi connectivity index (χ2n) is 5.21. The van der Waals surface area contributed by atoms with E-state index in [-0.39, 0.29) is 11.5 Å². The van der Waals surface area contributed by atoms with Gasteiger partial charge in [0, 0.05) is 25.3 Å². The molecule has 1 aromatic heterocycles. The molecule has 20 heavy (non-hydrogen) atoms. The van der Waals surface area contributed by atoms with Crippen LogP contribution in [0.4, 0.5) is 0 Å². The second kappa shape index (κ2) is 5.28. The molecule has 1 saturated heterocycles. The van der Waals surface area contributed by atoms with E-state index in [0.717, 1.165) is 31.5 Å². The lowest BCUT2D eigenvalue weighted by molar-refractivity contribution is 0.0295. The minimum Gasteiger partial charge on any atom is -0.478 e. The van der Waals surface area contributed by atoms with Crippen molar-refractivity contribution in [1.29, 1.82) is 0 Å². The molecule has 0 aliphatic carbocycles. The molecule has 0 unspecified atom stereocenters. The Hall–Kier alpha value is -1.82. The van der Waals surface area contributed by atoms with Crippen LogP contribution in [-0.4, -0.2) is 52.8 Å². The minimum absolute atomic E-state index is 0.0797. The van der Waals surface area contributed by atoms with Crippen molar-refractivity contribution >= 4 is 11.9 Å². The van der Waals surface area contributed by atoms with E-state index in [1.54, 1.807) is 11.0 Å². The maximum Gasteiger partial charge on any atom is 0.337 e. The van der Waals surface area contributed by atoms with Crippen LogP contribution in [0.1, 0.15) is 39.4 Å². The van der Waals surface area contributed by atoms with Crippen LogP contribution >= 0.6 is 0 Å². The first-order valence-corrected chi connectivity index (χ1v) is 7.01. The summed E-state index contributed by atoms with van der Waals surface area (Å²) in [4.78, 5) is 25.6. The lowest BCUT2D eigenvalue weighted by Crippen LogP contribution is -2.41. The van der Waals surface area contributed by atoms with Crippen LogP contribution in [0.3, 0.4) is 0 Å². The standard InChI is InChI=1S/C14H18N2O4/c17-13(15-5-7-20-8-6-15)12-9-10(14(18)19)11-3-1-2-4-16(11)12/h9H,1-8H2,(H,18,19). The predicted octanol–water partition coefficient (Wildman–Crippen LogP) is 0.995. The van der Waals surface area contributed by atoms with Gasteiger partial charge in [-0.1, -0.05) is 0 Å². The maximum absolute atomic E-state index is 12.6. The molecule has 2 aliphatic rings. The van der Waals surface area contributed by atoms with Crippen LogP contribution in [0, 0.1) is 0 Å². The third-order valence-electron chi connectivity index (χ3n) is 4.00. The smallest absolute Gasteiger partial charge is 0.337 e. The highest BCUT2D eigenvalue weighted by molar-refractivity contribution is 5.98. The number of aromatic carboxylic acids is 1. The zero-order valence-electron chi connectivity index (χ0n) is 11.3. The average molecular weight is 278 g/mol. The number of carboxylic acids is 1. The highest BCUT2D eigenvalue weighted by atomic mass is 16.5. The van der Waals surface area contributed by atoms with Crippen LogP contribution in [0.15, 0.2) is 6.07 Å². The summed E-state index contributed by atoms with van der Waals surface area (Å²) < 4.78 is 7.14. The third kappa shape index (κ3) is 2.20. The lowest BCUT2D eigenvalue weighted by atomic mass is 10.1. The molecule has 3 rings (SSSR count). The Labute approximate surface area is 116 Å². The van der Waals surface area contributed by atoms with Crippen LogP contribution in [0.5, 0.6) is 0 Å². The van der Waals surface area contributed by atoms with Crippen molar-refractivity contribution in [2.45, 2.75) is 25.8 Å². The molecule has 1 amide bonds. The van der Waals surface area contributed by atoms with Crippen LogP contribution in [0.2, 0.25) is 0 Å². The van der Waals surface area contributed by atoms with Gasteiger partial charge in [-0.2, -0.15) is 0 Å². The molecular formula is C14H18N2O4. The molecule has 0 atom stereocenters. The third-order valence-corrected chi connectivity index (χ3v) is 4.00. The van der Waals surface area contributed by atoms with Crippen LogP contribution < -0.4 is 0 Å². The van der Waals surface area contributed by atoms with Gasteiger partial charge in [-0.25, -0.2) is 4.79 Å². The van der Waals surface area contributed by atoms with E-state index < -0.39 is 5.97 Å². The van der Waals surface area contributed by atoms with Gasteiger partial charge >= 0.3 is 5.97 Å². The van der Waals surface area contributed by atoms with Gasteiger partial charge < -0.3 is 19.3 Å². The van der Waals surface area contributed by atoms with Gasteiger partial charge in [-0.05, 0) is 25.3 Å². The molecule has 0 saturated carbocycles. The van der Waals surface area contributed by atoms with E-state index in [4.69, 9.17) is 4.74 Å². The Morgan fingerprint density at radius 1 is 1.15 bits per heavy atom. The minimum atomic E-state index is -0.948. The largest absolute Gasteiger partial charge is 0.478 e. The highest BCUT2D eigenvalue weighted by Crippen LogP contribution is 2.25. The monoisotopic (exact) mass is 278 g/mol. The molecule has 2 aliphatic heterocycles. The van der Waals surface area contributed by atoms with Crippen molar-refractivity contribution in [1.82, 2.24) is 9.47 Å². The number of rotatable bonds is 2. The number of fused-ring (bicyclic) bond motifs is 1. The Kier molecular flexibility index (Phi) is 3.48. The fraction of sp³-hybridized carbons (Fsp3) is 0.571. The molecule has 1 aromatic rings. The second-order valence-corrected chi connectivity index (χ2v) is 5.21. The van der Waals surface area contributed by atoms with Crippen molar-refractivity contribution < 1.29 is 19.4 Å². The fourth-order valence-electron chi connectivity index (χ4n) is 2.97. The molecule has 0 spiro atoms. The molecule has 0 aromatic carbocycles. The molecule has 3 heterocycles. The number of hydrogen-bond acceptors (Lipinski definition) is 3. The maximum atomic E-state index is 12.6. The van der Waals surface area contributed by atoms with E-state index in [2.05, 4.69) is 0 Å². The van der Waals surface area contributed by atoms with Crippen LogP contribution in [-0.2, 0) is 17.7 Å². The van der Waals surface area contributed by atoms with Crippen molar-refractivity contribution in [3.05, 3.63) is 23.0 Å². The number of aromatic nitrogens is 1. The molecule has 6 heteroatoms. The normalized spacial score (nSPS) is 18.7. The Balaban J connectivity index is 1.96. The number of amides is 1. The zero-order chi connectivity index (χ0) is 14.1. The Morgan fingerprint density at radius 3 is 2.60 bits per heavy atom. The number of carboxylic acid groups (broad SMARTS) is 1. The number of carbonyl (C=O) groups excluding carboxylic acids is 1. The Morgan fingerprint density at radius 2 is 1.90 bits per heavy atom. The summed E-state index contributed by atoms with van der Waals surface area (Å²) in [7, 11) is 0. The first-order valence-electron chi connectivity index (χ1n) is 7.01. The van der Waals surface area contributed by atoms with Gasteiger partial charge in [0.15, 0.2) is 0 Å². The summed E-state index contributed by atoms with van der Waals surface area (Å²) in [5, 5.41) is 9.29. The molecule has 0 bridgehead atoms. The molecule has 108 valence electrons. The summed E-state index contributed by atoms with van der Waals surface area (Å²) >= 11 is 0. The summed E-state index contributed by atoms with van der Waals surface area (Å²) in [5.74, 6) is -1.03. The van der Waals surface area contributed by atoms with E-state index in [9.17, 15) is 14.7 Å². The van der Waals surface area contributed by atoms with Gasteiger partial charge in [0.2, 0.25) is 0 Å². The van der Waals surface area contributed by atoms with Crippen molar-refractivity contribution in [2.75, 3.05) is 26.3 Å². The van der Waals surface area contributed by atoms with Gasteiger partial charge in [0.05, 0.1) is 18.8 Å². The Bertz CT molecular complexity index is 544. The van der Waals surface area contributed by atoms with Crippen molar-refractivity contribution in [3.8, 4) is 0 Å². The van der Waals surface area contributed by atoms with E-state index >= 15 is 0 Å². The molecule has 1 fully saturated rings. The van der Waals surface area contributed by atoms with E-state index in [0.29, 0.717) is 32.0 Å². The topological polar surface area (TPSA) is 71.8 Å². The first-order chi connectivity index (χ1) is 9.68.